The van der Waals surface area contributed by atoms with E-state index in [1.54, 1.807) is 19.1 Å². The van der Waals surface area contributed by atoms with Crippen LogP contribution in [0.1, 0.15) is 19.6 Å². The number of benzene rings is 1. The molecule has 1 saturated heterocycles. The van der Waals surface area contributed by atoms with Crippen molar-refractivity contribution < 1.29 is 18.9 Å². The SMILES string of the molecule is CC1(O)CC(CO[P+](=S)Oc2ccccc2)OC1n1ccc(=O)[nH]c1=O. The van der Waals surface area contributed by atoms with Gasteiger partial charge in [0.2, 0.25) is 11.8 Å². The molecule has 1 aromatic carbocycles. The summed E-state index contributed by atoms with van der Waals surface area (Å²) in [6.45, 7) is 1.68. The molecule has 4 atom stereocenters. The van der Waals surface area contributed by atoms with Crippen molar-refractivity contribution in [2.45, 2.75) is 31.3 Å². The molecule has 1 aliphatic heterocycles. The third-order valence-electron chi connectivity index (χ3n) is 3.89. The summed E-state index contributed by atoms with van der Waals surface area (Å²) in [5, 5.41) is 10.6. The molecular formula is C16H18N2O6PS+. The predicted octanol–water partition coefficient (Wildman–Crippen LogP) is 1.44. The topological polar surface area (TPSA) is 103 Å². The van der Waals surface area contributed by atoms with Crippen molar-refractivity contribution in [3.05, 3.63) is 63.4 Å². The van der Waals surface area contributed by atoms with E-state index in [9.17, 15) is 14.7 Å². The van der Waals surface area contributed by atoms with Gasteiger partial charge in [-0.05, 0) is 19.1 Å². The van der Waals surface area contributed by atoms with Gasteiger partial charge in [0.25, 0.3) is 5.56 Å². The first-order valence-corrected chi connectivity index (χ1v) is 10.1. The highest BCUT2D eigenvalue weighted by molar-refractivity contribution is 8.00. The summed E-state index contributed by atoms with van der Waals surface area (Å²) >= 11 is 5.18. The zero-order valence-electron chi connectivity index (χ0n) is 13.9. The highest BCUT2D eigenvalue weighted by atomic mass is 32.4. The normalized spacial score (nSPS) is 25.8. The van der Waals surface area contributed by atoms with E-state index in [0.29, 0.717) is 5.75 Å². The van der Waals surface area contributed by atoms with E-state index in [1.807, 2.05) is 18.2 Å². The number of nitrogens with zero attached hydrogens (tertiary/aromatic N) is 1. The summed E-state index contributed by atoms with van der Waals surface area (Å²) in [7, 11) is -1.58. The minimum absolute atomic E-state index is 0.118. The Morgan fingerprint density at radius 2 is 2.12 bits per heavy atom. The second-order valence-electron chi connectivity index (χ2n) is 6.11. The van der Waals surface area contributed by atoms with E-state index in [0.717, 1.165) is 4.57 Å². The Kier molecular flexibility index (Phi) is 5.64. The van der Waals surface area contributed by atoms with Crippen molar-refractivity contribution in [2.75, 3.05) is 6.61 Å². The molecule has 0 radical (unpaired) electrons. The van der Waals surface area contributed by atoms with E-state index in [2.05, 4.69) is 4.98 Å². The van der Waals surface area contributed by atoms with E-state index in [1.165, 1.54) is 12.3 Å². The number of aromatic amines is 1. The standard InChI is InChI=1S/C16H17N2O6PS/c1-16(21)9-12(10-22-25(26)24-11-5-3-2-4-6-11)23-14(16)18-8-7-13(19)17-15(18)20/h2-8,12,14,21H,9-10H2,1H3/p+1. The molecule has 1 aliphatic rings. The maximum atomic E-state index is 11.9. The molecule has 8 nitrogen and oxygen atoms in total. The number of ether oxygens (including phenoxy) is 1. The van der Waals surface area contributed by atoms with Gasteiger partial charge in [0.1, 0.15) is 12.2 Å². The summed E-state index contributed by atoms with van der Waals surface area (Å²) < 4.78 is 18.0. The first kappa shape index (κ1) is 18.9. The van der Waals surface area contributed by atoms with Crippen molar-refractivity contribution in [3.8, 4) is 5.75 Å². The van der Waals surface area contributed by atoms with Gasteiger partial charge < -0.3 is 9.84 Å². The second kappa shape index (κ2) is 7.77. The van der Waals surface area contributed by atoms with Crippen LogP contribution >= 0.6 is 7.15 Å². The number of aliphatic hydroxyl groups is 1. The van der Waals surface area contributed by atoms with Crippen molar-refractivity contribution >= 4 is 19.0 Å². The molecular weight excluding hydrogens is 379 g/mol. The van der Waals surface area contributed by atoms with Gasteiger partial charge in [-0.2, -0.15) is 0 Å². The number of H-pyrrole nitrogens is 1. The average Bonchev–Trinajstić information content (AvgIpc) is 2.88. The lowest BCUT2D eigenvalue weighted by Gasteiger charge is -2.24. The van der Waals surface area contributed by atoms with Crippen molar-refractivity contribution in [1.29, 1.82) is 0 Å². The second-order valence-corrected chi connectivity index (χ2v) is 7.90. The van der Waals surface area contributed by atoms with Crippen LogP contribution in [0.5, 0.6) is 5.75 Å². The minimum atomic E-state index is -1.58. The zero-order chi connectivity index (χ0) is 18.7. The number of para-hydroxylation sites is 1. The Balaban J connectivity index is 1.61. The van der Waals surface area contributed by atoms with Crippen LogP contribution in [-0.4, -0.2) is 33.0 Å². The largest absolute Gasteiger partial charge is 0.573 e. The van der Waals surface area contributed by atoms with Crippen LogP contribution in [0.3, 0.4) is 0 Å². The molecule has 3 rings (SSSR count). The Morgan fingerprint density at radius 1 is 1.38 bits per heavy atom. The van der Waals surface area contributed by atoms with E-state index < -0.39 is 36.3 Å². The van der Waals surface area contributed by atoms with Crippen LogP contribution in [0.25, 0.3) is 0 Å². The Morgan fingerprint density at radius 3 is 2.81 bits per heavy atom. The monoisotopic (exact) mass is 397 g/mol. The number of hydrogen-bond acceptors (Lipinski definition) is 7. The Hall–Kier alpha value is -1.90. The van der Waals surface area contributed by atoms with Crippen LogP contribution in [-0.2, 0) is 21.1 Å². The van der Waals surface area contributed by atoms with Crippen LogP contribution in [0.2, 0.25) is 0 Å². The average molecular weight is 397 g/mol. The number of rotatable bonds is 6. The van der Waals surface area contributed by atoms with Crippen LogP contribution in [0.4, 0.5) is 0 Å². The molecule has 2 heterocycles. The van der Waals surface area contributed by atoms with Crippen LogP contribution in [0.15, 0.2) is 52.2 Å². The molecule has 0 saturated carbocycles. The van der Waals surface area contributed by atoms with Gasteiger partial charge in [0, 0.05) is 18.7 Å². The molecule has 0 bridgehead atoms. The zero-order valence-corrected chi connectivity index (χ0v) is 15.6. The number of hydrogen-bond donors (Lipinski definition) is 2. The summed E-state index contributed by atoms with van der Waals surface area (Å²) in [5.41, 5.74) is -2.47. The first-order valence-electron chi connectivity index (χ1n) is 7.88. The molecule has 1 fully saturated rings. The fraction of sp³-hybridized carbons (Fsp3) is 0.375. The van der Waals surface area contributed by atoms with Crippen LogP contribution < -0.4 is 15.8 Å². The maximum Gasteiger partial charge on any atom is 0.573 e. The van der Waals surface area contributed by atoms with E-state index >= 15 is 0 Å². The van der Waals surface area contributed by atoms with Crippen molar-refractivity contribution in [3.63, 3.8) is 0 Å². The third kappa shape index (κ3) is 4.44. The van der Waals surface area contributed by atoms with E-state index in [4.69, 9.17) is 25.6 Å². The van der Waals surface area contributed by atoms with Gasteiger partial charge in [-0.3, -0.25) is 18.9 Å². The summed E-state index contributed by atoms with van der Waals surface area (Å²) in [5.74, 6) is 0.616. The smallest absolute Gasteiger partial charge is 0.385 e. The molecule has 2 N–H and O–H groups in total. The van der Waals surface area contributed by atoms with Gasteiger partial charge in [-0.1, -0.05) is 18.2 Å². The third-order valence-corrected chi connectivity index (χ3v) is 5.15. The molecule has 0 spiro atoms. The fourth-order valence-electron chi connectivity index (χ4n) is 2.75. The van der Waals surface area contributed by atoms with Crippen LogP contribution in [0, 0.1) is 0 Å². The first-order chi connectivity index (χ1) is 12.3. The van der Waals surface area contributed by atoms with Crippen molar-refractivity contribution in [2.24, 2.45) is 0 Å². The van der Waals surface area contributed by atoms with E-state index in [-0.39, 0.29) is 13.0 Å². The van der Waals surface area contributed by atoms with Gasteiger partial charge in [-0.15, -0.1) is 4.52 Å². The lowest BCUT2D eigenvalue weighted by Crippen LogP contribution is -2.40. The fourth-order valence-corrected chi connectivity index (χ4v) is 3.83. The van der Waals surface area contributed by atoms with Crippen molar-refractivity contribution in [1.82, 2.24) is 9.55 Å². The molecule has 10 heteroatoms. The number of aromatic nitrogens is 2. The highest BCUT2D eigenvalue weighted by Gasteiger charge is 2.46. The van der Waals surface area contributed by atoms with Gasteiger partial charge in [0.05, 0.1) is 6.10 Å². The Labute approximate surface area is 154 Å². The Bertz CT molecular complexity index is 897. The molecule has 0 amide bonds. The lowest BCUT2D eigenvalue weighted by atomic mass is 10.0. The molecule has 138 valence electrons. The predicted molar refractivity (Wildman–Crippen MR) is 97.8 cm³/mol. The quantitative estimate of drug-likeness (QED) is 0.711. The minimum Gasteiger partial charge on any atom is -0.385 e. The summed E-state index contributed by atoms with van der Waals surface area (Å²) in [4.78, 5) is 25.3. The van der Waals surface area contributed by atoms with Gasteiger partial charge in [-0.25, -0.2) is 4.79 Å². The summed E-state index contributed by atoms with van der Waals surface area (Å²) in [6.07, 6.45) is 0.128. The summed E-state index contributed by atoms with van der Waals surface area (Å²) in [6, 6.07) is 10.3. The lowest BCUT2D eigenvalue weighted by molar-refractivity contribution is -0.0880. The van der Waals surface area contributed by atoms with Gasteiger partial charge in [0.15, 0.2) is 12.0 Å². The highest BCUT2D eigenvalue weighted by Crippen LogP contribution is 2.38. The molecule has 0 aliphatic carbocycles. The molecule has 1 aromatic heterocycles. The molecule has 4 unspecified atom stereocenters. The molecule has 26 heavy (non-hydrogen) atoms. The number of nitrogens with one attached hydrogen (secondary N) is 1. The molecule has 2 aromatic rings. The maximum absolute atomic E-state index is 11.9. The van der Waals surface area contributed by atoms with Gasteiger partial charge >= 0.3 is 12.8 Å².